The van der Waals surface area contributed by atoms with Crippen LogP contribution in [0.25, 0.3) is 0 Å². The number of aryl methyl sites for hydroxylation is 1. The lowest BCUT2D eigenvalue weighted by Gasteiger charge is -1.82. The Labute approximate surface area is 64.2 Å². The first-order valence-electron chi connectivity index (χ1n) is 2.91. The molecule has 1 rings (SSSR count). The summed E-state index contributed by atoms with van der Waals surface area (Å²) in [7, 11) is 0. The molecule has 0 aliphatic rings. The van der Waals surface area contributed by atoms with Crippen molar-refractivity contribution in [3.05, 3.63) is 49.1 Å². The van der Waals surface area contributed by atoms with E-state index in [-0.39, 0.29) is 7.43 Å². The van der Waals surface area contributed by atoms with E-state index in [1.807, 2.05) is 18.2 Å². The summed E-state index contributed by atoms with van der Waals surface area (Å²) in [5, 5.41) is 0. The van der Waals surface area contributed by atoms with Crippen molar-refractivity contribution in [3.8, 4) is 0 Å². The molecule has 56 valence electrons. The van der Waals surface area contributed by atoms with Crippen LogP contribution in [-0.2, 0) is 0 Å². The maximum Gasteiger partial charge on any atom is -0.0398 e. The lowest BCUT2D eigenvalue weighted by atomic mass is 10.2. The van der Waals surface area contributed by atoms with E-state index in [1.54, 1.807) is 0 Å². The van der Waals surface area contributed by atoms with E-state index in [4.69, 9.17) is 0 Å². The fourth-order valence-corrected chi connectivity index (χ4v) is 0.534. The second-order valence-electron chi connectivity index (χ2n) is 1.65. The van der Waals surface area contributed by atoms with Crippen molar-refractivity contribution in [2.24, 2.45) is 0 Å². The van der Waals surface area contributed by atoms with Gasteiger partial charge in [-0.2, -0.15) is 0 Å². The van der Waals surface area contributed by atoms with Crippen molar-refractivity contribution in [2.45, 2.75) is 14.4 Å². The summed E-state index contributed by atoms with van der Waals surface area (Å²) in [4.78, 5) is 0. The van der Waals surface area contributed by atoms with E-state index < -0.39 is 0 Å². The van der Waals surface area contributed by atoms with Crippen LogP contribution in [0, 0.1) is 6.92 Å². The highest BCUT2D eigenvalue weighted by molar-refractivity contribution is 5.11. The van der Waals surface area contributed by atoms with Crippen LogP contribution < -0.4 is 0 Å². The molecule has 0 fully saturated rings. The predicted octanol–water partition coefficient (Wildman–Crippen LogP) is 3.43. The fourth-order valence-electron chi connectivity index (χ4n) is 0.534. The Morgan fingerprint density at radius 1 is 1.00 bits per heavy atom. The highest BCUT2D eigenvalue weighted by atomic mass is 13.8. The molecule has 0 N–H and O–H groups in total. The van der Waals surface area contributed by atoms with Gasteiger partial charge in [0.2, 0.25) is 0 Å². The molecule has 1 aromatic carbocycles. The summed E-state index contributed by atoms with van der Waals surface area (Å²) in [5.74, 6) is 0. The molecule has 0 saturated carbocycles. The van der Waals surface area contributed by atoms with E-state index in [2.05, 4.69) is 32.2 Å². The van der Waals surface area contributed by atoms with Gasteiger partial charge >= 0.3 is 0 Å². The van der Waals surface area contributed by atoms with E-state index in [1.165, 1.54) is 5.56 Å². The smallest absolute Gasteiger partial charge is 0.0398 e. The molecule has 0 amide bonds. The van der Waals surface area contributed by atoms with Gasteiger partial charge in [-0.15, -0.1) is 13.2 Å². The Bertz CT molecular complexity index is 141. The lowest BCUT2D eigenvalue weighted by Crippen LogP contribution is -1.62. The highest BCUT2D eigenvalue weighted by Gasteiger charge is 1.72. The first kappa shape index (κ1) is 11.7. The largest absolute Gasteiger partial charge is 0.106 e. The zero-order valence-corrected chi connectivity index (χ0v) is 5.80. The summed E-state index contributed by atoms with van der Waals surface area (Å²) >= 11 is 0. The molecule has 10 heavy (non-hydrogen) atoms. The van der Waals surface area contributed by atoms with Crippen LogP contribution in [0.5, 0.6) is 0 Å². The zero-order valence-electron chi connectivity index (χ0n) is 5.80. The van der Waals surface area contributed by atoms with Crippen molar-refractivity contribution in [1.29, 1.82) is 0 Å². The van der Waals surface area contributed by atoms with Crippen LogP contribution in [0.3, 0.4) is 0 Å². The minimum atomic E-state index is 0. The Kier molecular flexibility index (Phi) is 9.33. The Balaban J connectivity index is 0. The summed E-state index contributed by atoms with van der Waals surface area (Å²) in [5.41, 5.74) is 1.32. The Hall–Kier alpha value is -1.04. The van der Waals surface area contributed by atoms with Crippen LogP contribution in [0.4, 0.5) is 0 Å². The van der Waals surface area contributed by atoms with Crippen LogP contribution in [-0.4, -0.2) is 0 Å². The first-order valence-corrected chi connectivity index (χ1v) is 2.91. The minimum Gasteiger partial charge on any atom is -0.106 e. The average Bonchev–Trinajstić information content (AvgIpc) is 1.94. The number of hydrogen-bond acceptors (Lipinski definition) is 0. The molecule has 0 radical (unpaired) electrons. The monoisotopic (exact) mass is 136 g/mol. The quantitative estimate of drug-likeness (QED) is 0.479. The van der Waals surface area contributed by atoms with Crippen LogP contribution >= 0.6 is 0 Å². The molecule has 0 aliphatic heterocycles. The standard InChI is InChI=1S/C7H8.C2H4.CH4/c1-7-5-3-2-4-6-7;1-2;/h2-6H,1H3;1-2H2;1H4. The van der Waals surface area contributed by atoms with E-state index in [0.717, 1.165) is 0 Å². The van der Waals surface area contributed by atoms with Gasteiger partial charge in [0.15, 0.2) is 0 Å². The minimum absolute atomic E-state index is 0. The molecule has 1 aromatic rings. The van der Waals surface area contributed by atoms with Crippen molar-refractivity contribution in [2.75, 3.05) is 0 Å². The van der Waals surface area contributed by atoms with Gasteiger partial charge in [-0.25, -0.2) is 0 Å². The molecule has 0 spiro atoms. The highest BCUT2D eigenvalue weighted by Crippen LogP contribution is 1.92. The third kappa shape index (κ3) is 5.10. The van der Waals surface area contributed by atoms with E-state index in [0.29, 0.717) is 0 Å². The van der Waals surface area contributed by atoms with Crippen LogP contribution in [0.1, 0.15) is 13.0 Å². The lowest BCUT2D eigenvalue weighted by molar-refractivity contribution is 1.48. The molecule has 0 unspecified atom stereocenters. The first-order chi connectivity index (χ1) is 4.39. The van der Waals surface area contributed by atoms with Gasteiger partial charge in [0.25, 0.3) is 0 Å². The summed E-state index contributed by atoms with van der Waals surface area (Å²) < 4.78 is 0. The number of hydrogen-bond donors (Lipinski definition) is 0. The molecular weight excluding hydrogens is 120 g/mol. The van der Waals surface area contributed by atoms with Gasteiger partial charge in [-0.05, 0) is 6.92 Å². The van der Waals surface area contributed by atoms with Gasteiger partial charge in [0, 0.05) is 0 Å². The molecule has 0 atom stereocenters. The van der Waals surface area contributed by atoms with Gasteiger partial charge in [-0.3, -0.25) is 0 Å². The van der Waals surface area contributed by atoms with Crippen molar-refractivity contribution in [3.63, 3.8) is 0 Å². The molecule has 0 aliphatic carbocycles. The predicted molar refractivity (Wildman–Crippen MR) is 49.2 cm³/mol. The molecule has 0 heterocycles. The number of rotatable bonds is 0. The third-order valence-electron chi connectivity index (χ3n) is 0.940. The maximum atomic E-state index is 3.00. The molecule has 0 bridgehead atoms. The SMILES string of the molecule is C.C=C.Cc1ccccc1. The molecule has 0 saturated heterocycles. The second kappa shape index (κ2) is 7.96. The Morgan fingerprint density at radius 3 is 1.60 bits per heavy atom. The van der Waals surface area contributed by atoms with Crippen LogP contribution in [0.2, 0.25) is 0 Å². The van der Waals surface area contributed by atoms with Crippen LogP contribution in [0.15, 0.2) is 43.5 Å². The molecular formula is C10H16. The fraction of sp³-hybridized carbons (Fsp3) is 0.200. The van der Waals surface area contributed by atoms with Gasteiger partial charge in [0.05, 0.1) is 0 Å². The van der Waals surface area contributed by atoms with Crippen molar-refractivity contribution in [1.82, 2.24) is 0 Å². The molecule has 0 nitrogen and oxygen atoms in total. The maximum absolute atomic E-state index is 3.00. The molecule has 0 aromatic heterocycles. The van der Waals surface area contributed by atoms with E-state index >= 15 is 0 Å². The third-order valence-corrected chi connectivity index (χ3v) is 0.940. The van der Waals surface area contributed by atoms with Crippen molar-refractivity contribution >= 4 is 0 Å². The van der Waals surface area contributed by atoms with Crippen molar-refractivity contribution < 1.29 is 0 Å². The average molecular weight is 136 g/mol. The summed E-state index contributed by atoms with van der Waals surface area (Å²) in [6.45, 7) is 8.08. The summed E-state index contributed by atoms with van der Waals surface area (Å²) in [6.07, 6.45) is 0. The zero-order chi connectivity index (χ0) is 7.11. The van der Waals surface area contributed by atoms with Gasteiger partial charge < -0.3 is 0 Å². The Morgan fingerprint density at radius 2 is 1.40 bits per heavy atom. The summed E-state index contributed by atoms with van der Waals surface area (Å²) in [6, 6.07) is 10.3. The topological polar surface area (TPSA) is 0 Å². The van der Waals surface area contributed by atoms with E-state index in [9.17, 15) is 0 Å². The normalized spacial score (nSPS) is 6.50. The molecule has 0 heteroatoms. The number of benzene rings is 1. The van der Waals surface area contributed by atoms with Gasteiger partial charge in [0.1, 0.15) is 0 Å². The second-order valence-corrected chi connectivity index (χ2v) is 1.65. The van der Waals surface area contributed by atoms with Gasteiger partial charge in [-0.1, -0.05) is 43.3 Å².